The molecule has 23 heavy (non-hydrogen) atoms. The number of nitrogens with zero attached hydrogens (tertiary/aromatic N) is 3. The zero-order chi connectivity index (χ0) is 16.8. The van der Waals surface area contributed by atoms with Crippen molar-refractivity contribution in [1.29, 1.82) is 0 Å². The molecule has 0 bridgehead atoms. The summed E-state index contributed by atoms with van der Waals surface area (Å²) in [6, 6.07) is 1.34. The number of furan rings is 1. The Hall–Kier alpha value is -2.29. The minimum absolute atomic E-state index is 0.0830. The molecule has 0 spiro atoms. The van der Waals surface area contributed by atoms with Crippen molar-refractivity contribution in [2.75, 3.05) is 12.3 Å². The number of thioether (sulfide) groups is 1. The predicted octanol–water partition coefficient (Wildman–Crippen LogP) is 1.80. The van der Waals surface area contributed by atoms with Crippen molar-refractivity contribution in [2.45, 2.75) is 32.5 Å². The van der Waals surface area contributed by atoms with Crippen LogP contribution < -0.4 is 10.6 Å². The summed E-state index contributed by atoms with van der Waals surface area (Å²) in [5.41, 5.74) is 0.873. The summed E-state index contributed by atoms with van der Waals surface area (Å²) in [5, 5.41) is 13.7. The van der Waals surface area contributed by atoms with Crippen LogP contribution in [0.4, 0.5) is 4.79 Å². The minimum atomic E-state index is -0.496. The van der Waals surface area contributed by atoms with Crippen molar-refractivity contribution < 1.29 is 14.0 Å². The molecule has 0 aliphatic rings. The minimum Gasteiger partial charge on any atom is -0.469 e. The maximum atomic E-state index is 11.7. The van der Waals surface area contributed by atoms with Gasteiger partial charge in [0, 0.05) is 13.1 Å². The largest absolute Gasteiger partial charge is 0.469 e. The highest BCUT2D eigenvalue weighted by atomic mass is 32.2. The van der Waals surface area contributed by atoms with Crippen LogP contribution in [0.2, 0.25) is 0 Å². The number of amides is 3. The molecule has 0 aromatic carbocycles. The number of carbonyl (C=O) groups is 2. The first-order chi connectivity index (χ1) is 11.1. The first kappa shape index (κ1) is 17.1. The Balaban J connectivity index is 2.04. The summed E-state index contributed by atoms with van der Waals surface area (Å²) < 4.78 is 7.20. The summed E-state index contributed by atoms with van der Waals surface area (Å²) in [6.07, 6.45) is 1.60. The number of aromatic nitrogens is 3. The number of hydrogen-bond acceptors (Lipinski definition) is 6. The first-order valence-electron chi connectivity index (χ1n) is 7.24. The Labute approximate surface area is 138 Å². The highest BCUT2D eigenvalue weighted by Gasteiger charge is 2.17. The van der Waals surface area contributed by atoms with Crippen LogP contribution in [-0.4, -0.2) is 39.0 Å². The lowest BCUT2D eigenvalue weighted by Gasteiger charge is -2.07. The van der Waals surface area contributed by atoms with Crippen LogP contribution in [0.3, 0.4) is 0 Å². The Morgan fingerprint density at radius 3 is 2.74 bits per heavy atom. The third-order valence-corrected chi connectivity index (χ3v) is 4.02. The van der Waals surface area contributed by atoms with Gasteiger partial charge in [0.15, 0.2) is 11.0 Å². The molecule has 3 amide bonds. The van der Waals surface area contributed by atoms with E-state index < -0.39 is 6.03 Å². The van der Waals surface area contributed by atoms with Gasteiger partial charge in [0.25, 0.3) is 0 Å². The first-order valence-corrected chi connectivity index (χ1v) is 8.23. The lowest BCUT2D eigenvalue weighted by molar-refractivity contribution is -0.117. The van der Waals surface area contributed by atoms with E-state index in [0.29, 0.717) is 24.1 Å². The molecule has 2 rings (SSSR count). The molecule has 0 radical (unpaired) electrons. The summed E-state index contributed by atoms with van der Waals surface area (Å²) in [4.78, 5) is 23.0. The fraction of sp³-hybridized carbons (Fsp3) is 0.429. The van der Waals surface area contributed by atoms with E-state index in [4.69, 9.17) is 4.42 Å². The van der Waals surface area contributed by atoms with E-state index in [1.807, 2.05) is 24.5 Å². The molecule has 0 aliphatic carbocycles. The molecule has 2 N–H and O–H groups in total. The number of rotatable bonds is 6. The molecule has 0 saturated heterocycles. The molecule has 8 nitrogen and oxygen atoms in total. The highest BCUT2D eigenvalue weighted by Crippen LogP contribution is 2.26. The van der Waals surface area contributed by atoms with Crippen molar-refractivity contribution in [3.05, 3.63) is 18.1 Å². The van der Waals surface area contributed by atoms with Gasteiger partial charge < -0.3 is 14.3 Å². The van der Waals surface area contributed by atoms with Crippen molar-refractivity contribution in [2.24, 2.45) is 0 Å². The van der Waals surface area contributed by atoms with Gasteiger partial charge in [0.05, 0.1) is 17.6 Å². The average Bonchev–Trinajstić information content (AvgIpc) is 3.10. The second kappa shape index (κ2) is 7.82. The molecule has 0 unspecified atom stereocenters. The van der Waals surface area contributed by atoms with E-state index >= 15 is 0 Å². The molecule has 9 heteroatoms. The van der Waals surface area contributed by atoms with Gasteiger partial charge in [-0.15, -0.1) is 10.2 Å². The fourth-order valence-electron chi connectivity index (χ4n) is 1.99. The lowest BCUT2D eigenvalue weighted by atomic mass is 10.2. The normalized spacial score (nSPS) is 10.6. The topological polar surface area (TPSA) is 102 Å². The van der Waals surface area contributed by atoms with Crippen molar-refractivity contribution >= 4 is 23.7 Å². The van der Waals surface area contributed by atoms with Crippen LogP contribution in [0.1, 0.15) is 19.6 Å². The SMILES string of the molecule is CCNC(=O)NC(=O)CSc1nnc(-c2ccoc2C)n1CC. The van der Waals surface area contributed by atoms with Gasteiger partial charge in [0.1, 0.15) is 5.76 Å². The van der Waals surface area contributed by atoms with E-state index in [2.05, 4.69) is 20.8 Å². The van der Waals surface area contributed by atoms with E-state index in [1.165, 1.54) is 11.8 Å². The number of hydrogen-bond donors (Lipinski definition) is 2. The van der Waals surface area contributed by atoms with Crippen LogP contribution in [0.15, 0.2) is 21.9 Å². The highest BCUT2D eigenvalue weighted by molar-refractivity contribution is 7.99. The van der Waals surface area contributed by atoms with E-state index in [9.17, 15) is 9.59 Å². The van der Waals surface area contributed by atoms with Crippen LogP contribution in [0, 0.1) is 6.92 Å². The third kappa shape index (κ3) is 4.13. The van der Waals surface area contributed by atoms with Gasteiger partial charge in [-0.1, -0.05) is 11.8 Å². The molecule has 0 fully saturated rings. The van der Waals surface area contributed by atoms with Gasteiger partial charge in [0.2, 0.25) is 5.91 Å². The molecular weight excluding hydrogens is 318 g/mol. The molecule has 0 atom stereocenters. The standard InChI is InChI=1S/C14H19N5O3S/c1-4-15-13(21)16-11(20)8-23-14-18-17-12(19(14)5-2)10-6-7-22-9(10)3/h6-7H,4-5,8H2,1-3H3,(H2,15,16,20,21). The summed E-state index contributed by atoms with van der Waals surface area (Å²) in [7, 11) is 0. The maximum absolute atomic E-state index is 11.7. The summed E-state index contributed by atoms with van der Waals surface area (Å²) in [6.45, 7) is 6.73. The van der Waals surface area contributed by atoms with E-state index in [-0.39, 0.29) is 11.7 Å². The van der Waals surface area contributed by atoms with Crippen LogP contribution >= 0.6 is 11.8 Å². The Morgan fingerprint density at radius 2 is 2.13 bits per heavy atom. The molecular formula is C14H19N5O3S. The van der Waals surface area contributed by atoms with Gasteiger partial charge in [-0.3, -0.25) is 10.1 Å². The number of nitrogens with one attached hydrogen (secondary N) is 2. The summed E-state index contributed by atoms with van der Waals surface area (Å²) in [5.74, 6) is 1.16. The number of aryl methyl sites for hydroxylation is 1. The summed E-state index contributed by atoms with van der Waals surface area (Å²) >= 11 is 1.23. The van der Waals surface area contributed by atoms with E-state index in [1.54, 1.807) is 13.2 Å². The second-order valence-electron chi connectivity index (χ2n) is 4.64. The monoisotopic (exact) mass is 337 g/mol. The van der Waals surface area contributed by atoms with Crippen LogP contribution in [-0.2, 0) is 11.3 Å². The number of urea groups is 1. The van der Waals surface area contributed by atoms with Crippen LogP contribution in [0.25, 0.3) is 11.4 Å². The van der Waals surface area contributed by atoms with E-state index in [0.717, 1.165) is 11.3 Å². The van der Waals surface area contributed by atoms with Crippen molar-refractivity contribution in [1.82, 2.24) is 25.4 Å². The maximum Gasteiger partial charge on any atom is 0.321 e. The quantitative estimate of drug-likeness (QED) is 0.779. The third-order valence-electron chi connectivity index (χ3n) is 3.06. The fourth-order valence-corrected chi connectivity index (χ4v) is 2.80. The molecule has 2 aromatic heterocycles. The van der Waals surface area contributed by atoms with Gasteiger partial charge in [-0.2, -0.15) is 0 Å². The second-order valence-corrected chi connectivity index (χ2v) is 5.58. The average molecular weight is 337 g/mol. The zero-order valence-electron chi connectivity index (χ0n) is 13.3. The smallest absolute Gasteiger partial charge is 0.321 e. The molecule has 2 heterocycles. The van der Waals surface area contributed by atoms with Gasteiger partial charge in [-0.05, 0) is 26.8 Å². The lowest BCUT2D eigenvalue weighted by Crippen LogP contribution is -2.40. The number of imide groups is 1. The van der Waals surface area contributed by atoms with Crippen molar-refractivity contribution in [3.63, 3.8) is 0 Å². The van der Waals surface area contributed by atoms with Crippen LogP contribution in [0.5, 0.6) is 0 Å². The molecule has 0 aliphatic heterocycles. The van der Waals surface area contributed by atoms with Gasteiger partial charge in [-0.25, -0.2) is 4.79 Å². The number of carbonyl (C=O) groups excluding carboxylic acids is 2. The molecule has 124 valence electrons. The van der Waals surface area contributed by atoms with Gasteiger partial charge >= 0.3 is 6.03 Å². The van der Waals surface area contributed by atoms with Crippen molar-refractivity contribution in [3.8, 4) is 11.4 Å². The Bertz CT molecular complexity index is 694. The zero-order valence-corrected chi connectivity index (χ0v) is 14.1. The molecule has 0 saturated carbocycles. The predicted molar refractivity (Wildman–Crippen MR) is 86.1 cm³/mol. The Kier molecular flexibility index (Phi) is 5.80. The molecule has 2 aromatic rings. The Morgan fingerprint density at radius 1 is 1.35 bits per heavy atom.